The Morgan fingerprint density at radius 3 is 3.00 bits per heavy atom. The molecule has 2 atom stereocenters. The van der Waals surface area contributed by atoms with Crippen LogP contribution in [0.4, 0.5) is 11.4 Å². The van der Waals surface area contributed by atoms with Crippen molar-refractivity contribution in [3.63, 3.8) is 0 Å². The summed E-state index contributed by atoms with van der Waals surface area (Å²) in [6.45, 7) is 2.92. The quantitative estimate of drug-likeness (QED) is 0.788. The zero-order valence-corrected chi connectivity index (χ0v) is 10.0. The van der Waals surface area contributed by atoms with Gasteiger partial charge < -0.3 is 15.3 Å². The van der Waals surface area contributed by atoms with Gasteiger partial charge >= 0.3 is 5.97 Å². The van der Waals surface area contributed by atoms with Crippen LogP contribution in [0.5, 0.6) is 0 Å². The second kappa shape index (κ2) is 3.73. The number of nitrogens with zero attached hydrogens (tertiary/aromatic N) is 1. The fraction of sp³-hybridized carbons (Fsp3) is 0.385. The third kappa shape index (κ3) is 1.47. The number of hydrogen-bond acceptors (Lipinski definition) is 3. The first-order valence-electron chi connectivity index (χ1n) is 6.03. The maximum Gasteiger partial charge on any atom is 0.335 e. The van der Waals surface area contributed by atoms with Crippen LogP contribution < -0.4 is 10.2 Å². The molecule has 0 aromatic heterocycles. The molecule has 0 bridgehead atoms. The molecule has 0 saturated carbocycles. The summed E-state index contributed by atoms with van der Waals surface area (Å²) in [5.41, 5.74) is 1.72. The molecule has 5 heteroatoms. The van der Waals surface area contributed by atoms with Crippen molar-refractivity contribution in [2.75, 3.05) is 16.8 Å². The van der Waals surface area contributed by atoms with E-state index in [0.29, 0.717) is 11.6 Å². The average molecular weight is 246 g/mol. The number of rotatable bonds is 1. The molecule has 0 spiro atoms. The number of carboxylic acid groups (broad SMARTS) is 1. The van der Waals surface area contributed by atoms with E-state index in [1.165, 1.54) is 6.07 Å². The fourth-order valence-electron chi connectivity index (χ4n) is 2.84. The number of hydrogen-bond donors (Lipinski definition) is 2. The Morgan fingerprint density at radius 1 is 1.50 bits per heavy atom. The smallest absolute Gasteiger partial charge is 0.335 e. The average Bonchev–Trinajstić information content (AvgIpc) is 2.71. The standard InChI is InChI=1S/C13H14N2O3/c1-7-4-5-15-10-3-2-8(13(17)18)6-9(10)14-12(16)11(7)15/h2-3,6-7,11H,4-5H2,1H3,(H,14,16)(H,17,18). The topological polar surface area (TPSA) is 69.6 Å². The fourth-order valence-corrected chi connectivity index (χ4v) is 2.84. The highest BCUT2D eigenvalue weighted by Gasteiger charge is 2.41. The van der Waals surface area contributed by atoms with Crippen molar-refractivity contribution in [3.05, 3.63) is 23.8 Å². The van der Waals surface area contributed by atoms with E-state index < -0.39 is 5.97 Å². The van der Waals surface area contributed by atoms with Crippen molar-refractivity contribution in [2.24, 2.45) is 5.92 Å². The highest BCUT2D eigenvalue weighted by atomic mass is 16.4. The summed E-state index contributed by atoms with van der Waals surface area (Å²) in [7, 11) is 0. The summed E-state index contributed by atoms with van der Waals surface area (Å²) >= 11 is 0. The molecule has 2 unspecified atom stereocenters. The van der Waals surface area contributed by atoms with Gasteiger partial charge in [-0.05, 0) is 30.5 Å². The Morgan fingerprint density at radius 2 is 2.28 bits per heavy atom. The molecule has 18 heavy (non-hydrogen) atoms. The van der Waals surface area contributed by atoms with Gasteiger partial charge in [0.25, 0.3) is 0 Å². The molecular weight excluding hydrogens is 232 g/mol. The van der Waals surface area contributed by atoms with Gasteiger partial charge in [-0.3, -0.25) is 4.79 Å². The van der Waals surface area contributed by atoms with Crippen molar-refractivity contribution in [3.8, 4) is 0 Å². The highest BCUT2D eigenvalue weighted by Crippen LogP contribution is 2.39. The summed E-state index contributed by atoms with van der Waals surface area (Å²) in [6, 6.07) is 4.77. The Bertz CT molecular complexity index is 541. The van der Waals surface area contributed by atoms with Gasteiger partial charge in [-0.25, -0.2) is 4.79 Å². The predicted molar refractivity (Wildman–Crippen MR) is 66.9 cm³/mol. The summed E-state index contributed by atoms with van der Waals surface area (Å²) in [5, 5.41) is 11.8. The minimum absolute atomic E-state index is 0.0324. The first-order valence-corrected chi connectivity index (χ1v) is 6.03. The Balaban J connectivity index is 2.06. The molecule has 1 aromatic carbocycles. The number of carbonyl (C=O) groups excluding carboxylic acids is 1. The molecular formula is C13H14N2O3. The monoisotopic (exact) mass is 246 g/mol. The minimum atomic E-state index is -0.982. The van der Waals surface area contributed by atoms with Crippen molar-refractivity contribution < 1.29 is 14.7 Å². The van der Waals surface area contributed by atoms with Crippen LogP contribution in [0, 0.1) is 5.92 Å². The number of benzene rings is 1. The van der Waals surface area contributed by atoms with Gasteiger partial charge in [0, 0.05) is 6.54 Å². The van der Waals surface area contributed by atoms with E-state index in [-0.39, 0.29) is 17.5 Å². The van der Waals surface area contributed by atoms with Crippen LogP contribution in [0.15, 0.2) is 18.2 Å². The van der Waals surface area contributed by atoms with Gasteiger partial charge in [0.15, 0.2) is 0 Å². The molecule has 0 aliphatic carbocycles. The lowest BCUT2D eigenvalue weighted by molar-refractivity contribution is -0.118. The summed E-state index contributed by atoms with van der Waals surface area (Å²) in [4.78, 5) is 25.0. The van der Waals surface area contributed by atoms with E-state index in [9.17, 15) is 9.59 Å². The molecule has 2 N–H and O–H groups in total. The third-order valence-corrected chi connectivity index (χ3v) is 3.78. The molecule has 5 nitrogen and oxygen atoms in total. The first kappa shape index (κ1) is 11.1. The summed E-state index contributed by atoms with van der Waals surface area (Å²) in [6.07, 6.45) is 0.984. The largest absolute Gasteiger partial charge is 0.478 e. The normalized spacial score (nSPS) is 25.4. The van der Waals surface area contributed by atoms with Crippen LogP contribution in [0.2, 0.25) is 0 Å². The summed E-state index contributed by atoms with van der Waals surface area (Å²) < 4.78 is 0. The third-order valence-electron chi connectivity index (χ3n) is 3.78. The van der Waals surface area contributed by atoms with Crippen LogP contribution in [-0.4, -0.2) is 29.6 Å². The first-order chi connectivity index (χ1) is 8.58. The van der Waals surface area contributed by atoms with E-state index in [1.807, 2.05) is 0 Å². The molecule has 2 aliphatic heterocycles. The van der Waals surface area contributed by atoms with Crippen LogP contribution in [0.3, 0.4) is 0 Å². The van der Waals surface area contributed by atoms with Gasteiger partial charge in [0.1, 0.15) is 6.04 Å². The molecule has 2 heterocycles. The number of fused-ring (bicyclic) bond motifs is 3. The van der Waals surface area contributed by atoms with E-state index >= 15 is 0 Å². The van der Waals surface area contributed by atoms with Crippen molar-refractivity contribution in [1.29, 1.82) is 0 Å². The summed E-state index contributed by atoms with van der Waals surface area (Å²) in [5.74, 6) is -0.684. The number of carboxylic acids is 1. The number of carbonyl (C=O) groups is 2. The molecule has 2 aliphatic rings. The van der Waals surface area contributed by atoms with Gasteiger partial charge in [-0.1, -0.05) is 6.92 Å². The number of anilines is 2. The lowest BCUT2D eigenvalue weighted by Gasteiger charge is -2.34. The van der Waals surface area contributed by atoms with E-state index in [2.05, 4.69) is 17.1 Å². The van der Waals surface area contributed by atoms with Crippen LogP contribution in [0.25, 0.3) is 0 Å². The van der Waals surface area contributed by atoms with Crippen LogP contribution >= 0.6 is 0 Å². The predicted octanol–water partition coefficient (Wildman–Crippen LogP) is 1.55. The van der Waals surface area contributed by atoms with E-state index in [1.54, 1.807) is 12.1 Å². The number of amides is 1. The van der Waals surface area contributed by atoms with Crippen molar-refractivity contribution in [1.82, 2.24) is 0 Å². The zero-order valence-electron chi connectivity index (χ0n) is 10.0. The lowest BCUT2D eigenvalue weighted by atomic mass is 9.99. The van der Waals surface area contributed by atoms with Gasteiger partial charge in [-0.15, -0.1) is 0 Å². The van der Waals surface area contributed by atoms with Gasteiger partial charge in [0.2, 0.25) is 5.91 Å². The maximum atomic E-state index is 12.0. The lowest BCUT2D eigenvalue weighted by Crippen LogP contribution is -2.46. The van der Waals surface area contributed by atoms with E-state index in [4.69, 9.17) is 5.11 Å². The number of aromatic carboxylic acids is 1. The zero-order chi connectivity index (χ0) is 12.9. The van der Waals surface area contributed by atoms with Crippen LogP contribution in [-0.2, 0) is 4.79 Å². The number of nitrogens with one attached hydrogen (secondary N) is 1. The van der Waals surface area contributed by atoms with E-state index in [0.717, 1.165) is 18.7 Å². The molecule has 3 rings (SSSR count). The SMILES string of the molecule is CC1CCN2c3ccc(C(=O)O)cc3NC(=O)C12. The van der Waals surface area contributed by atoms with Crippen LogP contribution in [0.1, 0.15) is 23.7 Å². The molecule has 1 aromatic rings. The Hall–Kier alpha value is -2.04. The van der Waals surface area contributed by atoms with Crippen molar-refractivity contribution >= 4 is 23.3 Å². The molecule has 94 valence electrons. The Labute approximate surface area is 104 Å². The maximum absolute atomic E-state index is 12.0. The molecule has 0 radical (unpaired) electrons. The highest BCUT2D eigenvalue weighted by molar-refractivity contribution is 6.05. The second-order valence-corrected chi connectivity index (χ2v) is 4.93. The molecule has 1 saturated heterocycles. The minimum Gasteiger partial charge on any atom is -0.478 e. The Kier molecular flexibility index (Phi) is 2.29. The molecule has 1 amide bonds. The van der Waals surface area contributed by atoms with Gasteiger partial charge in [-0.2, -0.15) is 0 Å². The molecule has 1 fully saturated rings. The van der Waals surface area contributed by atoms with Crippen molar-refractivity contribution in [2.45, 2.75) is 19.4 Å². The van der Waals surface area contributed by atoms with Gasteiger partial charge in [0.05, 0.1) is 16.9 Å². The second-order valence-electron chi connectivity index (χ2n) is 4.93.